The van der Waals surface area contributed by atoms with Gasteiger partial charge in [-0.1, -0.05) is 127 Å². The first-order valence-corrected chi connectivity index (χ1v) is 19.4. The molecule has 0 saturated heterocycles. The lowest BCUT2D eigenvalue weighted by molar-refractivity contribution is 1.07. The van der Waals surface area contributed by atoms with Crippen molar-refractivity contribution in [2.45, 2.75) is 0 Å². The molecule has 0 radical (unpaired) electrons. The highest BCUT2D eigenvalue weighted by Crippen LogP contribution is 2.37. The van der Waals surface area contributed by atoms with Crippen molar-refractivity contribution in [2.75, 3.05) is 0 Å². The van der Waals surface area contributed by atoms with Crippen LogP contribution >= 0.6 is 0 Å². The summed E-state index contributed by atoms with van der Waals surface area (Å²) in [7, 11) is 0. The van der Waals surface area contributed by atoms with Crippen LogP contribution in [-0.4, -0.2) is 44.9 Å². The summed E-state index contributed by atoms with van der Waals surface area (Å²) in [5.41, 5.74) is 11.7. The van der Waals surface area contributed by atoms with Crippen LogP contribution in [0.1, 0.15) is 0 Å². The first-order valence-electron chi connectivity index (χ1n) is 19.4. The first-order chi connectivity index (χ1) is 29.7. The van der Waals surface area contributed by atoms with E-state index in [1.165, 1.54) is 0 Å². The van der Waals surface area contributed by atoms with Crippen LogP contribution < -0.4 is 0 Å². The standard InChI is InChI=1S/C51H33N9/c1-3-8-36(9-4-1)46-55-48(59-50(57-46)40-23-28-52-29-24-40)38-17-13-34(14-18-38)42-21-22-44(43-12-7-27-54-33-43)45(32-42)35-15-19-39(20-16-35)49-56-47(37-10-5-2-6-11-37)58-51(60-49)41-25-30-53-31-26-41/h1-33H. The molecule has 0 bridgehead atoms. The lowest BCUT2D eigenvalue weighted by atomic mass is 9.91. The molecule has 0 aliphatic heterocycles. The molecule has 5 heterocycles. The average Bonchev–Trinajstić information content (AvgIpc) is 3.35. The predicted octanol–water partition coefficient (Wildman–Crippen LogP) is 11.2. The van der Waals surface area contributed by atoms with Gasteiger partial charge in [-0.3, -0.25) is 15.0 Å². The van der Waals surface area contributed by atoms with Crippen LogP contribution in [0.25, 0.3) is 102 Å². The van der Waals surface area contributed by atoms with E-state index < -0.39 is 0 Å². The van der Waals surface area contributed by atoms with E-state index in [0.717, 1.165) is 66.8 Å². The number of hydrogen-bond donors (Lipinski definition) is 0. The van der Waals surface area contributed by atoms with Gasteiger partial charge < -0.3 is 0 Å². The van der Waals surface area contributed by atoms with Gasteiger partial charge in [0.1, 0.15) is 0 Å². The van der Waals surface area contributed by atoms with Crippen molar-refractivity contribution in [1.29, 1.82) is 0 Å². The molecule has 0 aliphatic rings. The van der Waals surface area contributed by atoms with Gasteiger partial charge in [-0.25, -0.2) is 29.9 Å². The van der Waals surface area contributed by atoms with E-state index in [2.05, 4.69) is 87.7 Å². The molecule has 0 atom stereocenters. The second-order valence-electron chi connectivity index (χ2n) is 14.0. The van der Waals surface area contributed by atoms with Gasteiger partial charge in [0.05, 0.1) is 0 Å². The van der Waals surface area contributed by atoms with Gasteiger partial charge >= 0.3 is 0 Å². The lowest BCUT2D eigenvalue weighted by Gasteiger charge is -2.14. The fourth-order valence-electron chi connectivity index (χ4n) is 7.05. The van der Waals surface area contributed by atoms with E-state index in [4.69, 9.17) is 29.9 Å². The summed E-state index contributed by atoms with van der Waals surface area (Å²) in [6.45, 7) is 0. The van der Waals surface area contributed by atoms with Gasteiger partial charge in [0.25, 0.3) is 0 Å². The Labute approximate surface area is 346 Å². The van der Waals surface area contributed by atoms with Crippen LogP contribution in [0.3, 0.4) is 0 Å². The quantitative estimate of drug-likeness (QED) is 0.141. The van der Waals surface area contributed by atoms with Gasteiger partial charge in [0, 0.05) is 76.1 Å². The fraction of sp³-hybridized carbons (Fsp3) is 0. The molecule has 9 heteroatoms. The van der Waals surface area contributed by atoms with Gasteiger partial charge in [-0.15, -0.1) is 0 Å². The van der Waals surface area contributed by atoms with Crippen molar-refractivity contribution in [3.63, 3.8) is 0 Å². The van der Waals surface area contributed by atoms with Crippen LogP contribution in [-0.2, 0) is 0 Å². The molecular weight excluding hydrogens is 739 g/mol. The number of hydrogen-bond acceptors (Lipinski definition) is 9. The third-order valence-corrected chi connectivity index (χ3v) is 10.1. The van der Waals surface area contributed by atoms with E-state index in [0.29, 0.717) is 34.9 Å². The Bertz CT molecular complexity index is 2930. The monoisotopic (exact) mass is 771 g/mol. The summed E-state index contributed by atoms with van der Waals surface area (Å²) in [6, 6.07) is 54.9. The third kappa shape index (κ3) is 7.54. The molecule has 5 aromatic carbocycles. The van der Waals surface area contributed by atoms with Crippen LogP contribution in [0.2, 0.25) is 0 Å². The predicted molar refractivity (Wildman–Crippen MR) is 236 cm³/mol. The van der Waals surface area contributed by atoms with Gasteiger partial charge in [0.15, 0.2) is 34.9 Å². The van der Waals surface area contributed by atoms with Crippen LogP contribution in [0.15, 0.2) is 201 Å². The molecule has 0 N–H and O–H groups in total. The minimum atomic E-state index is 0.587. The Morgan fingerprint density at radius 2 is 0.583 bits per heavy atom. The second-order valence-corrected chi connectivity index (χ2v) is 14.0. The van der Waals surface area contributed by atoms with Crippen molar-refractivity contribution < 1.29 is 0 Å². The zero-order chi connectivity index (χ0) is 40.1. The molecule has 0 aliphatic carbocycles. The maximum absolute atomic E-state index is 4.93. The highest BCUT2D eigenvalue weighted by atomic mass is 15.0. The maximum atomic E-state index is 4.93. The molecule has 282 valence electrons. The van der Waals surface area contributed by atoms with Gasteiger partial charge in [-0.05, 0) is 64.2 Å². The zero-order valence-corrected chi connectivity index (χ0v) is 32.1. The minimum absolute atomic E-state index is 0.587. The molecule has 9 nitrogen and oxygen atoms in total. The highest BCUT2D eigenvalue weighted by Gasteiger charge is 2.16. The Morgan fingerprint density at radius 1 is 0.217 bits per heavy atom. The number of rotatable bonds is 9. The summed E-state index contributed by atoms with van der Waals surface area (Å²) in [5, 5.41) is 0. The van der Waals surface area contributed by atoms with Crippen LogP contribution in [0, 0.1) is 0 Å². The van der Waals surface area contributed by atoms with Crippen molar-refractivity contribution in [3.8, 4) is 102 Å². The molecule has 0 saturated carbocycles. The van der Waals surface area contributed by atoms with E-state index in [9.17, 15) is 0 Å². The normalized spacial score (nSPS) is 11.0. The largest absolute Gasteiger partial charge is 0.265 e. The summed E-state index contributed by atoms with van der Waals surface area (Å²) >= 11 is 0. The topological polar surface area (TPSA) is 116 Å². The summed E-state index contributed by atoms with van der Waals surface area (Å²) < 4.78 is 0. The van der Waals surface area contributed by atoms with Crippen LogP contribution in [0.4, 0.5) is 0 Å². The molecule has 60 heavy (non-hydrogen) atoms. The Balaban J connectivity index is 1.01. The SMILES string of the molecule is c1ccc(-c2nc(-c3ccncc3)nc(-c3ccc(-c4ccc(-c5cccnc5)c(-c5ccc(-c6nc(-c7ccccc7)nc(-c7ccncc7)n6)cc5)c4)cc3)n2)cc1. The number of nitrogens with zero attached hydrogens (tertiary/aromatic N) is 9. The second kappa shape index (κ2) is 16.2. The smallest absolute Gasteiger partial charge is 0.164 e. The molecule has 0 spiro atoms. The summed E-state index contributed by atoms with van der Waals surface area (Å²) in [6.07, 6.45) is 10.7. The van der Waals surface area contributed by atoms with E-state index in [-0.39, 0.29) is 0 Å². The Morgan fingerprint density at radius 3 is 1.02 bits per heavy atom. The van der Waals surface area contributed by atoms with Crippen LogP contribution in [0.5, 0.6) is 0 Å². The minimum Gasteiger partial charge on any atom is -0.265 e. The number of benzene rings is 5. The van der Waals surface area contributed by atoms with Gasteiger partial charge in [-0.2, -0.15) is 0 Å². The first kappa shape index (κ1) is 35.9. The Hall–Kier alpha value is -8.43. The molecule has 10 rings (SSSR count). The molecule has 0 fully saturated rings. The third-order valence-electron chi connectivity index (χ3n) is 10.1. The molecular formula is C51H33N9. The Kier molecular flexibility index (Phi) is 9.71. The highest BCUT2D eigenvalue weighted by molar-refractivity contribution is 5.88. The number of pyridine rings is 3. The molecule has 0 amide bonds. The average molecular weight is 772 g/mol. The summed E-state index contributed by atoms with van der Waals surface area (Å²) in [5.74, 6) is 3.58. The van der Waals surface area contributed by atoms with Crippen molar-refractivity contribution >= 4 is 0 Å². The van der Waals surface area contributed by atoms with E-state index in [1.54, 1.807) is 31.0 Å². The maximum Gasteiger partial charge on any atom is 0.164 e. The number of aromatic nitrogens is 9. The molecule has 5 aromatic heterocycles. The van der Waals surface area contributed by atoms with Crippen molar-refractivity contribution in [1.82, 2.24) is 44.9 Å². The summed E-state index contributed by atoms with van der Waals surface area (Å²) in [4.78, 5) is 42.1. The zero-order valence-electron chi connectivity index (χ0n) is 32.1. The van der Waals surface area contributed by atoms with E-state index in [1.807, 2.05) is 97.2 Å². The molecule has 10 aromatic rings. The van der Waals surface area contributed by atoms with Crippen molar-refractivity contribution in [2.24, 2.45) is 0 Å². The fourth-order valence-corrected chi connectivity index (χ4v) is 7.05. The molecule has 0 unspecified atom stereocenters. The van der Waals surface area contributed by atoms with E-state index >= 15 is 0 Å². The van der Waals surface area contributed by atoms with Gasteiger partial charge in [0.2, 0.25) is 0 Å². The van der Waals surface area contributed by atoms with Crippen molar-refractivity contribution in [3.05, 3.63) is 201 Å². The lowest BCUT2D eigenvalue weighted by Crippen LogP contribution is -2.00.